The van der Waals surface area contributed by atoms with Gasteiger partial charge in [-0.05, 0) is 35.7 Å². The second-order valence-corrected chi connectivity index (χ2v) is 10.3. The van der Waals surface area contributed by atoms with Crippen molar-refractivity contribution in [3.05, 3.63) is 35.9 Å². The number of ether oxygens (including phenoxy) is 1. The molecule has 2 rings (SSSR count). The van der Waals surface area contributed by atoms with Crippen molar-refractivity contribution in [2.24, 2.45) is 22.7 Å². The van der Waals surface area contributed by atoms with E-state index in [9.17, 15) is 4.79 Å². The summed E-state index contributed by atoms with van der Waals surface area (Å²) in [6, 6.07) is 10.4. The summed E-state index contributed by atoms with van der Waals surface area (Å²) in [4.78, 5) is 13.3. The summed E-state index contributed by atoms with van der Waals surface area (Å²) in [5.74, 6) is 0.342. The molecular weight excluding hydrogens is 320 g/mol. The van der Waals surface area contributed by atoms with Crippen molar-refractivity contribution < 1.29 is 9.53 Å². The number of hydrogen-bond donors (Lipinski definition) is 0. The van der Waals surface area contributed by atoms with E-state index in [1.807, 2.05) is 6.07 Å². The zero-order valence-electron chi connectivity index (χ0n) is 17.7. The first-order valence-corrected chi connectivity index (χ1v) is 10.3. The van der Waals surface area contributed by atoms with Gasteiger partial charge in [0.05, 0.1) is 5.92 Å². The predicted molar refractivity (Wildman–Crippen MR) is 109 cm³/mol. The summed E-state index contributed by atoms with van der Waals surface area (Å²) in [6.45, 7) is 13.1. The number of carbonyl (C=O) groups excluding carboxylic acids is 1. The van der Waals surface area contributed by atoms with E-state index in [0.717, 1.165) is 24.8 Å². The molecule has 1 aromatic carbocycles. The average Bonchev–Trinajstić information content (AvgIpc) is 2.57. The van der Waals surface area contributed by atoms with Crippen molar-refractivity contribution >= 4 is 5.97 Å². The van der Waals surface area contributed by atoms with Gasteiger partial charge in [0.1, 0.15) is 6.10 Å². The number of hydrogen-bond acceptors (Lipinski definition) is 2. The van der Waals surface area contributed by atoms with Crippen LogP contribution in [0.25, 0.3) is 0 Å². The standard InChI is InChI=1S/C24H38O2/c1-23(2,3)17-20(24(4,5)6)22(25)26-21(18-13-9-7-10-14-18)19-15-11-8-12-16-19/h7,9-10,13-14,19-21H,8,11-12,15-17H2,1-6H3. The maximum absolute atomic E-state index is 13.3. The lowest BCUT2D eigenvalue weighted by Gasteiger charge is -2.37. The maximum Gasteiger partial charge on any atom is 0.310 e. The van der Waals surface area contributed by atoms with Crippen molar-refractivity contribution in [3.8, 4) is 0 Å². The first-order chi connectivity index (χ1) is 12.1. The van der Waals surface area contributed by atoms with Crippen LogP contribution in [-0.4, -0.2) is 5.97 Å². The minimum absolute atomic E-state index is 0.0214. The van der Waals surface area contributed by atoms with Gasteiger partial charge in [-0.25, -0.2) is 0 Å². The minimum atomic E-state index is -0.103. The van der Waals surface area contributed by atoms with Crippen molar-refractivity contribution in [1.82, 2.24) is 0 Å². The number of rotatable bonds is 5. The third-order valence-corrected chi connectivity index (χ3v) is 5.60. The average molecular weight is 359 g/mol. The van der Waals surface area contributed by atoms with E-state index in [0.29, 0.717) is 5.92 Å². The Kier molecular flexibility index (Phi) is 6.93. The molecule has 1 aliphatic rings. The maximum atomic E-state index is 13.3. The molecule has 2 heteroatoms. The number of benzene rings is 1. The van der Waals surface area contributed by atoms with Gasteiger partial charge in [0, 0.05) is 5.92 Å². The largest absolute Gasteiger partial charge is 0.457 e. The van der Waals surface area contributed by atoms with Crippen LogP contribution in [0.1, 0.15) is 91.7 Å². The fraction of sp³-hybridized carbons (Fsp3) is 0.708. The number of carbonyl (C=O) groups is 1. The summed E-state index contributed by atoms with van der Waals surface area (Å²) in [6.07, 6.45) is 6.86. The van der Waals surface area contributed by atoms with Crippen LogP contribution in [-0.2, 0) is 9.53 Å². The van der Waals surface area contributed by atoms with E-state index < -0.39 is 0 Å². The molecule has 0 saturated heterocycles. The SMILES string of the molecule is CC(C)(C)CC(C(=O)OC(c1ccccc1)C1CCCCC1)C(C)(C)C. The Morgan fingerprint density at radius 3 is 2.08 bits per heavy atom. The molecule has 0 heterocycles. The number of esters is 1. The smallest absolute Gasteiger partial charge is 0.310 e. The summed E-state index contributed by atoms with van der Waals surface area (Å²) in [7, 11) is 0. The Morgan fingerprint density at radius 2 is 1.58 bits per heavy atom. The molecule has 0 bridgehead atoms. The first-order valence-electron chi connectivity index (χ1n) is 10.3. The van der Waals surface area contributed by atoms with Gasteiger partial charge in [-0.2, -0.15) is 0 Å². The summed E-state index contributed by atoms with van der Waals surface area (Å²) < 4.78 is 6.27. The van der Waals surface area contributed by atoms with Gasteiger partial charge in [-0.15, -0.1) is 0 Å². The fourth-order valence-electron chi connectivity index (χ4n) is 4.08. The quantitative estimate of drug-likeness (QED) is 0.532. The molecule has 146 valence electrons. The lowest BCUT2D eigenvalue weighted by molar-refractivity contribution is -0.163. The second kappa shape index (κ2) is 8.59. The van der Waals surface area contributed by atoms with Crippen LogP contribution in [0.4, 0.5) is 0 Å². The Labute approximate surface area is 160 Å². The van der Waals surface area contributed by atoms with Gasteiger partial charge in [0.15, 0.2) is 0 Å². The Hall–Kier alpha value is -1.31. The Morgan fingerprint density at radius 1 is 1.00 bits per heavy atom. The molecule has 1 aromatic rings. The molecule has 0 radical (unpaired) electrons. The van der Waals surface area contributed by atoms with Crippen molar-refractivity contribution in [2.75, 3.05) is 0 Å². The summed E-state index contributed by atoms with van der Waals surface area (Å²) in [5, 5.41) is 0. The van der Waals surface area contributed by atoms with E-state index in [1.165, 1.54) is 19.3 Å². The molecule has 0 aromatic heterocycles. The van der Waals surface area contributed by atoms with Crippen LogP contribution in [0.5, 0.6) is 0 Å². The molecule has 2 atom stereocenters. The van der Waals surface area contributed by atoms with Crippen LogP contribution in [0.3, 0.4) is 0 Å². The van der Waals surface area contributed by atoms with E-state index in [4.69, 9.17) is 4.74 Å². The molecule has 2 unspecified atom stereocenters. The van der Waals surface area contributed by atoms with Gasteiger partial charge >= 0.3 is 5.97 Å². The first kappa shape index (κ1) is 21.0. The lowest BCUT2D eigenvalue weighted by Crippen LogP contribution is -2.35. The molecule has 1 aliphatic carbocycles. The van der Waals surface area contributed by atoms with E-state index in [-0.39, 0.29) is 28.8 Å². The molecule has 1 fully saturated rings. The van der Waals surface area contributed by atoms with Crippen molar-refractivity contribution in [3.63, 3.8) is 0 Å². The molecule has 26 heavy (non-hydrogen) atoms. The van der Waals surface area contributed by atoms with Crippen molar-refractivity contribution in [1.29, 1.82) is 0 Å². The molecule has 0 N–H and O–H groups in total. The van der Waals surface area contributed by atoms with Gasteiger partial charge in [-0.1, -0.05) is 91.1 Å². The summed E-state index contributed by atoms with van der Waals surface area (Å²) in [5.41, 5.74) is 1.15. The predicted octanol–water partition coefficient (Wildman–Crippen LogP) is 6.95. The van der Waals surface area contributed by atoms with Crippen LogP contribution < -0.4 is 0 Å². The topological polar surface area (TPSA) is 26.3 Å². The monoisotopic (exact) mass is 358 g/mol. The zero-order valence-corrected chi connectivity index (χ0v) is 17.7. The highest BCUT2D eigenvalue weighted by atomic mass is 16.5. The highest BCUT2D eigenvalue weighted by Gasteiger charge is 2.38. The molecular formula is C24H38O2. The third-order valence-electron chi connectivity index (χ3n) is 5.60. The molecule has 0 spiro atoms. The van der Waals surface area contributed by atoms with Gasteiger partial charge < -0.3 is 4.74 Å². The lowest BCUT2D eigenvalue weighted by atomic mass is 9.72. The van der Waals surface area contributed by atoms with Crippen LogP contribution in [0.15, 0.2) is 30.3 Å². The normalized spacial score (nSPS) is 19.0. The molecule has 1 saturated carbocycles. The third kappa shape index (κ3) is 6.14. The van der Waals surface area contributed by atoms with Gasteiger partial charge in [-0.3, -0.25) is 4.79 Å². The zero-order chi connectivity index (χ0) is 19.4. The second-order valence-electron chi connectivity index (χ2n) is 10.3. The molecule has 2 nitrogen and oxygen atoms in total. The molecule has 0 amide bonds. The van der Waals surface area contributed by atoms with E-state index in [2.05, 4.69) is 65.8 Å². The molecule has 0 aliphatic heterocycles. The Bertz CT molecular complexity index is 556. The minimum Gasteiger partial charge on any atom is -0.457 e. The Balaban J connectivity index is 2.23. The van der Waals surface area contributed by atoms with Crippen LogP contribution in [0, 0.1) is 22.7 Å². The van der Waals surface area contributed by atoms with Crippen molar-refractivity contribution in [2.45, 2.75) is 86.2 Å². The fourth-order valence-corrected chi connectivity index (χ4v) is 4.08. The van der Waals surface area contributed by atoms with E-state index in [1.54, 1.807) is 0 Å². The highest BCUT2D eigenvalue weighted by Crippen LogP contribution is 2.41. The van der Waals surface area contributed by atoms with E-state index >= 15 is 0 Å². The van der Waals surface area contributed by atoms with Crippen LogP contribution >= 0.6 is 0 Å². The highest BCUT2D eigenvalue weighted by molar-refractivity contribution is 5.73. The van der Waals surface area contributed by atoms with Crippen LogP contribution in [0.2, 0.25) is 0 Å². The van der Waals surface area contributed by atoms with Gasteiger partial charge in [0.25, 0.3) is 0 Å². The summed E-state index contributed by atoms with van der Waals surface area (Å²) >= 11 is 0. The van der Waals surface area contributed by atoms with Gasteiger partial charge in [0.2, 0.25) is 0 Å².